The van der Waals surface area contributed by atoms with Crippen molar-refractivity contribution in [2.75, 3.05) is 32.0 Å². The predicted molar refractivity (Wildman–Crippen MR) is 84.0 cm³/mol. The van der Waals surface area contributed by atoms with Gasteiger partial charge in [-0.1, -0.05) is 34.8 Å². The van der Waals surface area contributed by atoms with Gasteiger partial charge in [0.2, 0.25) is 5.91 Å². The minimum atomic E-state index is -0.125. The quantitative estimate of drug-likeness (QED) is 0.831. The molecule has 1 saturated heterocycles. The Kier molecular flexibility index (Phi) is 5.52. The second-order valence-electron chi connectivity index (χ2n) is 4.86. The molecule has 0 radical (unpaired) electrons. The Bertz CT molecular complexity index is 504. The van der Waals surface area contributed by atoms with E-state index in [-0.39, 0.29) is 5.91 Å². The van der Waals surface area contributed by atoms with E-state index < -0.39 is 0 Å². The third-order valence-electron chi connectivity index (χ3n) is 3.33. The van der Waals surface area contributed by atoms with Crippen LogP contribution in [0.1, 0.15) is 6.42 Å². The summed E-state index contributed by atoms with van der Waals surface area (Å²) in [7, 11) is 1.94. The molecule has 1 unspecified atom stereocenters. The lowest BCUT2D eigenvalue weighted by Crippen LogP contribution is -2.39. The highest BCUT2D eigenvalue weighted by molar-refractivity contribution is 6.44. The van der Waals surface area contributed by atoms with Gasteiger partial charge in [0.1, 0.15) is 0 Å². The van der Waals surface area contributed by atoms with Gasteiger partial charge in [0.15, 0.2) is 0 Å². The topological polar surface area (TPSA) is 44.4 Å². The number of nitrogens with zero attached hydrogens (tertiary/aromatic N) is 1. The van der Waals surface area contributed by atoms with Crippen LogP contribution in [0.4, 0.5) is 5.69 Å². The van der Waals surface area contributed by atoms with Gasteiger partial charge in [-0.3, -0.25) is 9.69 Å². The van der Waals surface area contributed by atoms with Gasteiger partial charge >= 0.3 is 0 Å². The molecule has 1 fully saturated rings. The van der Waals surface area contributed by atoms with E-state index in [9.17, 15) is 4.79 Å². The third kappa shape index (κ3) is 3.99. The highest BCUT2D eigenvalue weighted by Crippen LogP contribution is 2.32. The van der Waals surface area contributed by atoms with Gasteiger partial charge in [-0.25, -0.2) is 0 Å². The molecule has 20 heavy (non-hydrogen) atoms. The zero-order valence-electron chi connectivity index (χ0n) is 11.0. The molecule has 0 aliphatic carbocycles. The van der Waals surface area contributed by atoms with Crippen LogP contribution in [0.3, 0.4) is 0 Å². The van der Waals surface area contributed by atoms with Crippen molar-refractivity contribution in [3.05, 3.63) is 27.2 Å². The van der Waals surface area contributed by atoms with Crippen LogP contribution in [0, 0.1) is 0 Å². The van der Waals surface area contributed by atoms with Gasteiger partial charge in [-0.15, -0.1) is 0 Å². The average molecular weight is 337 g/mol. The van der Waals surface area contributed by atoms with Gasteiger partial charge < -0.3 is 10.6 Å². The molecular weight excluding hydrogens is 321 g/mol. The van der Waals surface area contributed by atoms with E-state index in [2.05, 4.69) is 10.6 Å². The van der Waals surface area contributed by atoms with Crippen molar-refractivity contribution in [2.45, 2.75) is 12.5 Å². The lowest BCUT2D eigenvalue weighted by molar-refractivity contribution is -0.117. The SMILES string of the molecule is CN(CC(=O)Nc1cc(Cl)c(Cl)cc1Cl)C1CCNC1. The normalized spacial score (nSPS) is 18.6. The molecule has 0 spiro atoms. The summed E-state index contributed by atoms with van der Waals surface area (Å²) in [5.41, 5.74) is 0.476. The Labute approximate surface area is 133 Å². The van der Waals surface area contributed by atoms with Crippen LogP contribution in [-0.4, -0.2) is 43.5 Å². The molecule has 110 valence electrons. The van der Waals surface area contributed by atoms with Gasteiger partial charge in [-0.05, 0) is 32.1 Å². The van der Waals surface area contributed by atoms with Crippen molar-refractivity contribution >= 4 is 46.4 Å². The summed E-state index contributed by atoms with van der Waals surface area (Å²) in [5, 5.41) is 7.13. The molecule has 0 saturated carbocycles. The van der Waals surface area contributed by atoms with Crippen molar-refractivity contribution in [1.29, 1.82) is 0 Å². The number of carbonyl (C=O) groups excluding carboxylic acids is 1. The molecule has 7 heteroatoms. The van der Waals surface area contributed by atoms with E-state index in [1.807, 2.05) is 11.9 Å². The molecule has 0 bridgehead atoms. The second-order valence-corrected chi connectivity index (χ2v) is 6.08. The molecular formula is C13H16Cl3N3O. The number of likely N-dealkylation sites (N-methyl/N-ethyl adjacent to an activating group) is 1. The number of hydrogen-bond donors (Lipinski definition) is 2. The monoisotopic (exact) mass is 335 g/mol. The summed E-state index contributed by atoms with van der Waals surface area (Å²) in [6, 6.07) is 3.47. The minimum absolute atomic E-state index is 0.125. The fraction of sp³-hybridized carbons (Fsp3) is 0.462. The number of benzene rings is 1. The molecule has 1 aliphatic heterocycles. The molecule has 2 rings (SSSR count). The molecule has 1 heterocycles. The van der Waals surface area contributed by atoms with E-state index in [0.717, 1.165) is 19.5 Å². The smallest absolute Gasteiger partial charge is 0.238 e. The molecule has 1 aromatic carbocycles. The first-order valence-electron chi connectivity index (χ1n) is 6.32. The summed E-state index contributed by atoms with van der Waals surface area (Å²) >= 11 is 17.8. The summed E-state index contributed by atoms with van der Waals surface area (Å²) in [6.07, 6.45) is 1.05. The number of anilines is 1. The molecule has 1 aliphatic rings. The fourth-order valence-electron chi connectivity index (χ4n) is 2.18. The Hall–Kier alpha value is -0.520. The van der Waals surface area contributed by atoms with Crippen LogP contribution < -0.4 is 10.6 Å². The Morgan fingerprint density at radius 3 is 2.70 bits per heavy atom. The summed E-state index contributed by atoms with van der Waals surface area (Å²) < 4.78 is 0. The average Bonchev–Trinajstić information content (AvgIpc) is 2.89. The Morgan fingerprint density at radius 2 is 2.05 bits per heavy atom. The van der Waals surface area contributed by atoms with Crippen molar-refractivity contribution in [3.63, 3.8) is 0 Å². The molecule has 0 aromatic heterocycles. The summed E-state index contributed by atoms with van der Waals surface area (Å²) in [6.45, 7) is 2.22. The van der Waals surface area contributed by atoms with E-state index in [0.29, 0.717) is 33.3 Å². The maximum Gasteiger partial charge on any atom is 0.238 e. The van der Waals surface area contributed by atoms with Crippen molar-refractivity contribution in [1.82, 2.24) is 10.2 Å². The van der Waals surface area contributed by atoms with Crippen LogP contribution in [0.2, 0.25) is 15.1 Å². The van der Waals surface area contributed by atoms with Crippen LogP contribution in [0.15, 0.2) is 12.1 Å². The Morgan fingerprint density at radius 1 is 1.35 bits per heavy atom. The molecule has 1 amide bonds. The Balaban J connectivity index is 1.95. The molecule has 1 atom stereocenters. The maximum absolute atomic E-state index is 12.0. The number of nitrogens with one attached hydrogen (secondary N) is 2. The number of amides is 1. The first-order valence-corrected chi connectivity index (χ1v) is 7.46. The van der Waals surface area contributed by atoms with Crippen LogP contribution in [0.5, 0.6) is 0 Å². The summed E-state index contributed by atoms with van der Waals surface area (Å²) in [4.78, 5) is 14.0. The van der Waals surface area contributed by atoms with Gasteiger partial charge in [-0.2, -0.15) is 0 Å². The predicted octanol–water partition coefficient (Wildman–Crippen LogP) is 2.88. The first-order chi connectivity index (χ1) is 9.47. The van der Waals surface area contributed by atoms with Crippen molar-refractivity contribution in [3.8, 4) is 0 Å². The third-order valence-corrected chi connectivity index (χ3v) is 4.37. The first kappa shape index (κ1) is 15.9. The summed E-state index contributed by atoms with van der Waals surface area (Å²) in [5.74, 6) is -0.125. The maximum atomic E-state index is 12.0. The zero-order chi connectivity index (χ0) is 14.7. The molecule has 2 N–H and O–H groups in total. The van der Waals surface area contributed by atoms with Gasteiger partial charge in [0, 0.05) is 12.6 Å². The zero-order valence-corrected chi connectivity index (χ0v) is 13.3. The van der Waals surface area contributed by atoms with Crippen molar-refractivity contribution in [2.24, 2.45) is 0 Å². The second kappa shape index (κ2) is 6.96. The van der Waals surface area contributed by atoms with Gasteiger partial charge in [0.25, 0.3) is 0 Å². The van der Waals surface area contributed by atoms with E-state index in [1.54, 1.807) is 6.07 Å². The molecule has 1 aromatic rings. The highest BCUT2D eigenvalue weighted by Gasteiger charge is 2.21. The number of halogens is 3. The highest BCUT2D eigenvalue weighted by atomic mass is 35.5. The lowest BCUT2D eigenvalue weighted by atomic mass is 10.2. The van der Waals surface area contributed by atoms with Gasteiger partial charge in [0.05, 0.1) is 27.3 Å². The standard InChI is InChI=1S/C13H16Cl3N3O/c1-19(8-2-3-17-6-8)7-13(20)18-12-5-10(15)9(14)4-11(12)16/h4-5,8,17H,2-3,6-7H2,1H3,(H,18,20). The van der Waals surface area contributed by atoms with Crippen LogP contribution in [0.25, 0.3) is 0 Å². The van der Waals surface area contributed by atoms with Crippen LogP contribution >= 0.6 is 34.8 Å². The van der Waals surface area contributed by atoms with E-state index >= 15 is 0 Å². The fourth-order valence-corrected chi connectivity index (χ4v) is 2.77. The largest absolute Gasteiger partial charge is 0.324 e. The number of hydrogen-bond acceptors (Lipinski definition) is 3. The lowest BCUT2D eigenvalue weighted by Gasteiger charge is -2.22. The van der Waals surface area contributed by atoms with E-state index in [1.165, 1.54) is 6.07 Å². The van der Waals surface area contributed by atoms with E-state index in [4.69, 9.17) is 34.8 Å². The van der Waals surface area contributed by atoms with Crippen molar-refractivity contribution < 1.29 is 4.79 Å². The number of carbonyl (C=O) groups is 1. The molecule has 4 nitrogen and oxygen atoms in total. The van der Waals surface area contributed by atoms with Crippen LogP contribution in [-0.2, 0) is 4.79 Å². The number of rotatable bonds is 4. The minimum Gasteiger partial charge on any atom is -0.324 e.